The Morgan fingerprint density at radius 2 is 1.77 bits per heavy atom. The number of benzene rings is 1. The molecule has 0 unspecified atom stereocenters. The Bertz CT molecular complexity index is 568. The second kappa shape index (κ2) is 6.12. The minimum absolute atomic E-state index is 0.208. The fourth-order valence-corrected chi connectivity index (χ4v) is 2.22. The maximum atomic E-state index is 14.2. The third-order valence-electron chi connectivity index (χ3n) is 4.36. The van der Waals surface area contributed by atoms with E-state index in [1.54, 1.807) is 12.1 Å². The van der Waals surface area contributed by atoms with Crippen LogP contribution in [0.5, 0.6) is 0 Å². The van der Waals surface area contributed by atoms with Crippen molar-refractivity contribution in [3.8, 4) is 0 Å². The van der Waals surface area contributed by atoms with Crippen molar-refractivity contribution < 1.29 is 23.9 Å². The highest BCUT2D eigenvalue weighted by atomic mass is 19.1. The third-order valence-corrected chi connectivity index (χ3v) is 4.36. The van der Waals surface area contributed by atoms with Crippen molar-refractivity contribution in [2.75, 3.05) is 6.61 Å². The highest BCUT2D eigenvalue weighted by Gasteiger charge is 2.52. The first-order valence-electron chi connectivity index (χ1n) is 7.27. The van der Waals surface area contributed by atoms with E-state index in [9.17, 15) is 9.50 Å². The lowest BCUT2D eigenvalue weighted by molar-refractivity contribution is 0.00578. The Kier molecular flexibility index (Phi) is 4.77. The standard InChI is InChI=1S/C16H22BFO4/c1-15(2)16(3,4)22-17(21-15)13(10-20)8-11-6-5-7-12(9-19)14(11)18/h5-8,19-20H,9-10H2,1-4H3. The van der Waals surface area contributed by atoms with Gasteiger partial charge in [0.1, 0.15) is 5.82 Å². The number of rotatable bonds is 4. The molecule has 4 nitrogen and oxygen atoms in total. The van der Waals surface area contributed by atoms with Crippen LogP contribution in [0.1, 0.15) is 38.8 Å². The number of halogens is 1. The molecule has 0 atom stereocenters. The third kappa shape index (κ3) is 3.10. The lowest BCUT2D eigenvalue weighted by Crippen LogP contribution is -2.41. The van der Waals surface area contributed by atoms with Gasteiger partial charge in [-0.15, -0.1) is 0 Å². The molecule has 0 spiro atoms. The summed E-state index contributed by atoms with van der Waals surface area (Å²) >= 11 is 0. The molecule has 1 fully saturated rings. The Morgan fingerprint density at radius 3 is 2.27 bits per heavy atom. The topological polar surface area (TPSA) is 58.9 Å². The number of hydrogen-bond acceptors (Lipinski definition) is 4. The Labute approximate surface area is 130 Å². The van der Waals surface area contributed by atoms with E-state index in [1.165, 1.54) is 12.1 Å². The maximum absolute atomic E-state index is 14.2. The van der Waals surface area contributed by atoms with Crippen LogP contribution in [0.3, 0.4) is 0 Å². The van der Waals surface area contributed by atoms with Crippen LogP contribution in [0.2, 0.25) is 0 Å². The van der Waals surface area contributed by atoms with Gasteiger partial charge in [-0.25, -0.2) is 4.39 Å². The molecule has 1 aliphatic heterocycles. The molecule has 1 aliphatic rings. The molecule has 0 bridgehead atoms. The number of hydrogen-bond donors (Lipinski definition) is 2. The summed E-state index contributed by atoms with van der Waals surface area (Å²) in [5.41, 5.74) is -0.132. The van der Waals surface area contributed by atoms with Crippen molar-refractivity contribution in [3.63, 3.8) is 0 Å². The monoisotopic (exact) mass is 308 g/mol. The summed E-state index contributed by atoms with van der Waals surface area (Å²) in [7, 11) is -0.729. The Morgan fingerprint density at radius 1 is 1.18 bits per heavy atom. The molecule has 120 valence electrons. The summed E-state index contributed by atoms with van der Waals surface area (Å²) in [6.07, 6.45) is 1.51. The molecular weight excluding hydrogens is 286 g/mol. The van der Waals surface area contributed by atoms with Gasteiger partial charge in [-0.2, -0.15) is 0 Å². The van der Waals surface area contributed by atoms with Gasteiger partial charge >= 0.3 is 7.12 Å². The predicted molar refractivity (Wildman–Crippen MR) is 83.5 cm³/mol. The second-order valence-electron chi connectivity index (χ2n) is 6.44. The van der Waals surface area contributed by atoms with Crippen molar-refractivity contribution in [2.45, 2.75) is 45.5 Å². The Hall–Kier alpha value is -1.21. The minimum Gasteiger partial charge on any atom is -0.400 e. The average molecular weight is 308 g/mol. The van der Waals surface area contributed by atoms with E-state index in [1.807, 2.05) is 27.7 Å². The van der Waals surface area contributed by atoms with E-state index in [2.05, 4.69) is 0 Å². The van der Waals surface area contributed by atoms with Crippen LogP contribution in [0.25, 0.3) is 6.08 Å². The lowest BCUT2D eigenvalue weighted by atomic mass is 9.77. The molecule has 0 radical (unpaired) electrons. The predicted octanol–water partition coefficient (Wildman–Crippen LogP) is 2.33. The SMILES string of the molecule is CC1(C)OB(C(=Cc2cccc(CO)c2F)CO)OC1(C)C. The van der Waals surface area contributed by atoms with Crippen LogP contribution in [0.4, 0.5) is 4.39 Å². The van der Waals surface area contributed by atoms with E-state index in [0.717, 1.165) is 0 Å². The fourth-order valence-electron chi connectivity index (χ4n) is 2.22. The van der Waals surface area contributed by atoms with Gasteiger partial charge in [0.05, 0.1) is 24.4 Å². The molecule has 2 N–H and O–H groups in total. The summed E-state index contributed by atoms with van der Waals surface area (Å²) in [5.74, 6) is -0.507. The second-order valence-corrected chi connectivity index (χ2v) is 6.44. The smallest absolute Gasteiger partial charge is 0.400 e. The van der Waals surface area contributed by atoms with Crippen LogP contribution >= 0.6 is 0 Å². The van der Waals surface area contributed by atoms with Crippen molar-refractivity contribution in [2.24, 2.45) is 0 Å². The zero-order valence-electron chi connectivity index (χ0n) is 13.4. The van der Waals surface area contributed by atoms with Crippen molar-refractivity contribution in [1.82, 2.24) is 0 Å². The van der Waals surface area contributed by atoms with Crippen molar-refractivity contribution in [3.05, 3.63) is 40.6 Å². The highest BCUT2D eigenvalue weighted by Crippen LogP contribution is 2.38. The molecule has 6 heteroatoms. The van der Waals surface area contributed by atoms with Gasteiger partial charge in [0.15, 0.2) is 0 Å². The van der Waals surface area contributed by atoms with Gasteiger partial charge in [0, 0.05) is 11.1 Å². The van der Waals surface area contributed by atoms with E-state index in [4.69, 9.17) is 14.4 Å². The molecular formula is C16H22BFO4. The normalized spacial score (nSPS) is 20.5. The van der Waals surface area contributed by atoms with Gasteiger partial charge in [-0.3, -0.25) is 0 Å². The van der Waals surface area contributed by atoms with Crippen LogP contribution in [0.15, 0.2) is 23.7 Å². The van der Waals surface area contributed by atoms with Gasteiger partial charge in [-0.1, -0.05) is 24.3 Å². The summed E-state index contributed by atoms with van der Waals surface area (Å²) in [4.78, 5) is 0. The molecule has 1 aromatic carbocycles. The van der Waals surface area contributed by atoms with Gasteiger partial charge in [0.25, 0.3) is 0 Å². The molecule has 1 saturated heterocycles. The van der Waals surface area contributed by atoms with E-state index in [-0.39, 0.29) is 24.3 Å². The van der Waals surface area contributed by atoms with E-state index in [0.29, 0.717) is 5.47 Å². The zero-order valence-corrected chi connectivity index (χ0v) is 13.4. The molecule has 2 rings (SSSR count). The van der Waals surface area contributed by atoms with Gasteiger partial charge < -0.3 is 19.5 Å². The first kappa shape index (κ1) is 17.2. The van der Waals surface area contributed by atoms with E-state index >= 15 is 0 Å². The van der Waals surface area contributed by atoms with Crippen molar-refractivity contribution >= 4 is 13.2 Å². The van der Waals surface area contributed by atoms with Crippen LogP contribution in [-0.2, 0) is 15.9 Å². The lowest BCUT2D eigenvalue weighted by Gasteiger charge is -2.32. The van der Waals surface area contributed by atoms with Crippen LogP contribution in [-0.4, -0.2) is 35.1 Å². The quantitative estimate of drug-likeness (QED) is 0.838. The van der Waals surface area contributed by atoms with Crippen molar-refractivity contribution in [1.29, 1.82) is 0 Å². The minimum atomic E-state index is -0.729. The highest BCUT2D eigenvalue weighted by molar-refractivity contribution is 6.55. The molecule has 1 heterocycles. The number of aliphatic hydroxyl groups is 2. The molecule has 22 heavy (non-hydrogen) atoms. The summed E-state index contributed by atoms with van der Waals surface area (Å²) in [5, 5.41) is 18.7. The van der Waals surface area contributed by atoms with Gasteiger partial charge in [-0.05, 0) is 33.2 Å². The number of aliphatic hydroxyl groups excluding tert-OH is 2. The summed E-state index contributed by atoms with van der Waals surface area (Å²) in [6.45, 7) is 6.96. The first-order valence-corrected chi connectivity index (χ1v) is 7.27. The van der Waals surface area contributed by atoms with Crippen LogP contribution < -0.4 is 0 Å². The van der Waals surface area contributed by atoms with E-state index < -0.39 is 24.1 Å². The zero-order chi connectivity index (χ0) is 16.5. The fraction of sp³-hybridized carbons (Fsp3) is 0.500. The summed E-state index contributed by atoms with van der Waals surface area (Å²) < 4.78 is 25.9. The molecule has 1 aromatic rings. The Balaban J connectivity index is 2.34. The van der Waals surface area contributed by atoms with Crippen LogP contribution in [0, 0.1) is 5.82 Å². The largest absolute Gasteiger partial charge is 0.492 e. The molecule has 0 saturated carbocycles. The molecule has 0 aliphatic carbocycles. The molecule has 0 amide bonds. The molecule has 0 aromatic heterocycles. The first-order chi connectivity index (χ1) is 10.2. The summed E-state index contributed by atoms with van der Waals surface area (Å²) in [6, 6.07) is 4.75. The average Bonchev–Trinajstić information content (AvgIpc) is 2.66. The van der Waals surface area contributed by atoms with Gasteiger partial charge in [0.2, 0.25) is 0 Å². The maximum Gasteiger partial charge on any atom is 0.492 e.